The van der Waals surface area contributed by atoms with Crippen molar-refractivity contribution in [3.8, 4) is 0 Å². The van der Waals surface area contributed by atoms with E-state index in [1.54, 1.807) is 0 Å². The fourth-order valence-corrected chi connectivity index (χ4v) is 2.08. The first kappa shape index (κ1) is 15.7. The van der Waals surface area contributed by atoms with Crippen LogP contribution in [0.1, 0.15) is 56.6 Å². The lowest BCUT2D eigenvalue weighted by atomic mass is 10.1. The van der Waals surface area contributed by atoms with Crippen molar-refractivity contribution in [1.82, 2.24) is 5.32 Å². The molecule has 0 aromatic heterocycles. The summed E-state index contributed by atoms with van der Waals surface area (Å²) in [6, 6.07) is 8.56. The predicted octanol–water partition coefficient (Wildman–Crippen LogP) is 4.01. The number of aryl methyl sites for hydroxylation is 2. The van der Waals surface area contributed by atoms with Crippen LogP contribution in [-0.4, -0.2) is 12.5 Å². The van der Waals surface area contributed by atoms with Crippen LogP contribution in [0.4, 0.5) is 0 Å². The molecule has 0 aliphatic heterocycles. The summed E-state index contributed by atoms with van der Waals surface area (Å²) in [5.41, 5.74) is 2.61. The Bertz CT molecular complexity index is 356. The van der Waals surface area contributed by atoms with Crippen molar-refractivity contribution in [2.75, 3.05) is 6.54 Å². The second-order valence-electron chi connectivity index (χ2n) is 5.25. The molecular weight excluding hydrogens is 234 g/mol. The summed E-state index contributed by atoms with van der Waals surface area (Å²) in [5.74, 6) is 0.198. The van der Waals surface area contributed by atoms with E-state index in [0.717, 1.165) is 25.8 Å². The van der Waals surface area contributed by atoms with E-state index < -0.39 is 0 Å². The molecule has 0 bridgehead atoms. The van der Waals surface area contributed by atoms with Crippen molar-refractivity contribution >= 4 is 5.91 Å². The van der Waals surface area contributed by atoms with Crippen LogP contribution in [0.5, 0.6) is 0 Å². The molecule has 1 amide bonds. The highest BCUT2D eigenvalue weighted by Gasteiger charge is 2.01. The van der Waals surface area contributed by atoms with E-state index in [-0.39, 0.29) is 5.91 Å². The van der Waals surface area contributed by atoms with E-state index in [0.29, 0.717) is 6.42 Å². The lowest BCUT2D eigenvalue weighted by Crippen LogP contribution is -2.24. The van der Waals surface area contributed by atoms with Gasteiger partial charge in [-0.3, -0.25) is 4.79 Å². The first-order valence-corrected chi connectivity index (χ1v) is 7.54. The van der Waals surface area contributed by atoms with Gasteiger partial charge in [0.25, 0.3) is 0 Å². The number of amides is 1. The summed E-state index contributed by atoms with van der Waals surface area (Å²) in [7, 11) is 0. The number of carbonyl (C=O) groups excluding carboxylic acids is 1. The molecule has 2 heteroatoms. The van der Waals surface area contributed by atoms with Gasteiger partial charge in [-0.25, -0.2) is 0 Å². The molecule has 0 radical (unpaired) electrons. The Morgan fingerprint density at radius 1 is 1.05 bits per heavy atom. The summed E-state index contributed by atoms with van der Waals surface area (Å²) in [6.07, 6.45) is 7.40. The minimum absolute atomic E-state index is 0.198. The molecule has 106 valence electrons. The number of carbonyl (C=O) groups is 1. The van der Waals surface area contributed by atoms with Crippen molar-refractivity contribution in [3.05, 3.63) is 35.4 Å². The summed E-state index contributed by atoms with van der Waals surface area (Å²) in [4.78, 5) is 11.6. The van der Waals surface area contributed by atoms with Gasteiger partial charge in [-0.1, -0.05) is 56.0 Å². The molecule has 0 spiro atoms. The van der Waals surface area contributed by atoms with E-state index >= 15 is 0 Å². The van der Waals surface area contributed by atoms with Gasteiger partial charge < -0.3 is 5.32 Å². The van der Waals surface area contributed by atoms with Crippen LogP contribution in [-0.2, 0) is 11.2 Å². The van der Waals surface area contributed by atoms with Crippen LogP contribution in [0.25, 0.3) is 0 Å². The standard InChI is InChI=1S/C17H27NO/c1-3-4-5-6-14-18-17(19)9-7-8-16-12-10-15(2)11-13-16/h10-13H,3-9,14H2,1-2H3,(H,18,19). The van der Waals surface area contributed by atoms with E-state index in [1.807, 2.05) is 0 Å². The van der Waals surface area contributed by atoms with E-state index in [4.69, 9.17) is 0 Å². The predicted molar refractivity (Wildman–Crippen MR) is 81.3 cm³/mol. The molecule has 0 unspecified atom stereocenters. The Hall–Kier alpha value is -1.31. The molecule has 1 rings (SSSR count). The van der Waals surface area contributed by atoms with E-state index in [9.17, 15) is 4.79 Å². The highest BCUT2D eigenvalue weighted by molar-refractivity contribution is 5.75. The van der Waals surface area contributed by atoms with Crippen molar-refractivity contribution in [1.29, 1.82) is 0 Å². The van der Waals surface area contributed by atoms with Crippen LogP contribution in [0, 0.1) is 6.92 Å². The Balaban J connectivity index is 2.05. The number of hydrogen-bond acceptors (Lipinski definition) is 1. The van der Waals surface area contributed by atoms with Crippen molar-refractivity contribution in [3.63, 3.8) is 0 Å². The van der Waals surface area contributed by atoms with Gasteiger partial charge in [0, 0.05) is 13.0 Å². The van der Waals surface area contributed by atoms with Crippen LogP contribution in [0.15, 0.2) is 24.3 Å². The molecule has 0 saturated carbocycles. The maximum Gasteiger partial charge on any atom is 0.220 e. The van der Waals surface area contributed by atoms with Gasteiger partial charge in [-0.05, 0) is 31.7 Å². The van der Waals surface area contributed by atoms with Crippen LogP contribution >= 0.6 is 0 Å². The molecule has 19 heavy (non-hydrogen) atoms. The molecule has 0 fully saturated rings. The molecule has 2 nitrogen and oxygen atoms in total. The molecule has 1 N–H and O–H groups in total. The van der Waals surface area contributed by atoms with E-state index in [2.05, 4.69) is 43.4 Å². The van der Waals surface area contributed by atoms with E-state index in [1.165, 1.54) is 30.4 Å². The maximum absolute atomic E-state index is 11.6. The third-order valence-corrected chi connectivity index (χ3v) is 3.34. The summed E-state index contributed by atoms with van der Waals surface area (Å²) >= 11 is 0. The molecule has 1 aromatic rings. The summed E-state index contributed by atoms with van der Waals surface area (Å²) < 4.78 is 0. The van der Waals surface area contributed by atoms with Gasteiger partial charge >= 0.3 is 0 Å². The lowest BCUT2D eigenvalue weighted by molar-refractivity contribution is -0.121. The van der Waals surface area contributed by atoms with Crippen molar-refractivity contribution in [2.45, 2.75) is 58.8 Å². The topological polar surface area (TPSA) is 29.1 Å². The number of unbranched alkanes of at least 4 members (excludes halogenated alkanes) is 3. The second kappa shape index (κ2) is 9.60. The van der Waals surface area contributed by atoms with Crippen molar-refractivity contribution in [2.24, 2.45) is 0 Å². The summed E-state index contributed by atoms with van der Waals surface area (Å²) in [6.45, 7) is 5.13. The number of rotatable bonds is 9. The fourth-order valence-electron chi connectivity index (χ4n) is 2.08. The van der Waals surface area contributed by atoms with Crippen LogP contribution in [0.3, 0.4) is 0 Å². The molecule has 0 aliphatic carbocycles. The molecule has 1 aromatic carbocycles. The quantitative estimate of drug-likeness (QED) is 0.668. The van der Waals surface area contributed by atoms with Gasteiger partial charge in [0.2, 0.25) is 5.91 Å². The Morgan fingerprint density at radius 2 is 1.79 bits per heavy atom. The van der Waals surface area contributed by atoms with Crippen molar-refractivity contribution < 1.29 is 4.79 Å². The monoisotopic (exact) mass is 261 g/mol. The third kappa shape index (κ3) is 7.66. The second-order valence-corrected chi connectivity index (χ2v) is 5.25. The fraction of sp³-hybridized carbons (Fsp3) is 0.588. The van der Waals surface area contributed by atoms with Gasteiger partial charge in [0.15, 0.2) is 0 Å². The Labute approximate surface area is 117 Å². The van der Waals surface area contributed by atoms with Gasteiger partial charge in [-0.2, -0.15) is 0 Å². The highest BCUT2D eigenvalue weighted by Crippen LogP contribution is 2.07. The number of benzene rings is 1. The largest absolute Gasteiger partial charge is 0.356 e. The molecule has 0 saturated heterocycles. The highest BCUT2D eigenvalue weighted by atomic mass is 16.1. The average Bonchev–Trinajstić information content (AvgIpc) is 2.41. The zero-order valence-electron chi connectivity index (χ0n) is 12.4. The first-order valence-electron chi connectivity index (χ1n) is 7.54. The zero-order valence-corrected chi connectivity index (χ0v) is 12.4. The smallest absolute Gasteiger partial charge is 0.220 e. The Morgan fingerprint density at radius 3 is 2.47 bits per heavy atom. The van der Waals surface area contributed by atoms with Gasteiger partial charge in [-0.15, -0.1) is 0 Å². The zero-order chi connectivity index (χ0) is 13.9. The van der Waals surface area contributed by atoms with Crippen LogP contribution in [0.2, 0.25) is 0 Å². The maximum atomic E-state index is 11.6. The minimum atomic E-state index is 0.198. The first-order chi connectivity index (χ1) is 9.22. The molecular formula is C17H27NO. The number of nitrogens with one attached hydrogen (secondary N) is 1. The third-order valence-electron chi connectivity index (χ3n) is 3.34. The summed E-state index contributed by atoms with van der Waals surface area (Å²) in [5, 5.41) is 3.00. The lowest BCUT2D eigenvalue weighted by Gasteiger charge is -2.05. The Kier molecular flexibility index (Phi) is 7.95. The number of hydrogen-bond donors (Lipinski definition) is 1. The van der Waals surface area contributed by atoms with Crippen LogP contribution < -0.4 is 5.32 Å². The van der Waals surface area contributed by atoms with Gasteiger partial charge in [0.05, 0.1) is 0 Å². The van der Waals surface area contributed by atoms with Gasteiger partial charge in [0.1, 0.15) is 0 Å². The molecule has 0 aliphatic rings. The minimum Gasteiger partial charge on any atom is -0.356 e. The normalized spacial score (nSPS) is 10.4. The average molecular weight is 261 g/mol. The molecule has 0 heterocycles. The molecule has 0 atom stereocenters. The SMILES string of the molecule is CCCCCCNC(=O)CCCc1ccc(C)cc1.